The summed E-state index contributed by atoms with van der Waals surface area (Å²) in [6.45, 7) is 0.500. The van der Waals surface area contributed by atoms with Crippen LogP contribution >= 0.6 is 15.6 Å². The number of nitrogens with one attached hydrogen (secondary N) is 1. The van der Waals surface area contributed by atoms with Gasteiger partial charge in [-0.25, -0.2) is 54.0 Å². The Balaban J connectivity index is 0.824. The molecule has 432 valence electrons. The van der Waals surface area contributed by atoms with Crippen LogP contribution < -0.4 is 22.5 Å². The number of anilines is 3. The maximum Gasteiger partial charge on any atom is 0.472 e. The van der Waals surface area contributed by atoms with Gasteiger partial charge in [0.05, 0.1) is 38.3 Å². The molecule has 33 heteroatoms. The highest BCUT2D eigenvalue weighted by Gasteiger charge is 2.53. The molecular formula is C46H68N16O15P2. The predicted octanol–water partition coefficient (Wildman–Crippen LogP) is 3.02. The molecule has 9 rings (SSSR count). The van der Waals surface area contributed by atoms with Crippen molar-refractivity contribution in [3.8, 4) is 0 Å². The molecule has 79 heavy (non-hydrogen) atoms. The highest BCUT2D eigenvalue weighted by atomic mass is 31.2. The average molecular weight is 1150 g/mol. The van der Waals surface area contributed by atoms with E-state index >= 15 is 0 Å². The Hall–Kier alpha value is -5.50. The van der Waals surface area contributed by atoms with Gasteiger partial charge in [0.1, 0.15) is 78.3 Å². The number of aliphatic hydroxyl groups is 3. The van der Waals surface area contributed by atoms with E-state index in [1.54, 1.807) is 0 Å². The molecule has 3 aliphatic heterocycles. The first-order valence-electron chi connectivity index (χ1n) is 26.4. The molecule has 0 radical (unpaired) electrons. The normalized spacial score (nSPS) is 26.8. The molecule has 12 N–H and O–H groups in total. The zero-order valence-corrected chi connectivity index (χ0v) is 45.1. The lowest BCUT2D eigenvalue weighted by Gasteiger charge is -2.25. The van der Waals surface area contributed by atoms with Crippen molar-refractivity contribution >= 4 is 72.5 Å². The van der Waals surface area contributed by atoms with Gasteiger partial charge in [-0.2, -0.15) is 0 Å². The van der Waals surface area contributed by atoms with Crippen LogP contribution in [0.2, 0.25) is 0 Å². The van der Waals surface area contributed by atoms with E-state index in [2.05, 4.69) is 57.1 Å². The highest BCUT2D eigenvalue weighted by molar-refractivity contribution is 7.47. The van der Waals surface area contributed by atoms with Crippen LogP contribution in [0.1, 0.15) is 122 Å². The molecule has 0 bridgehead atoms. The fourth-order valence-corrected chi connectivity index (χ4v) is 11.9. The van der Waals surface area contributed by atoms with Gasteiger partial charge < -0.3 is 61.8 Å². The van der Waals surface area contributed by atoms with Crippen LogP contribution in [0, 0.1) is 0 Å². The van der Waals surface area contributed by atoms with Crippen molar-refractivity contribution in [2.45, 2.75) is 171 Å². The number of hydrogen-bond acceptors (Lipinski definition) is 25. The fraction of sp³-hybridized carbons (Fsp3) is 0.652. The smallest absolute Gasteiger partial charge is 0.388 e. The van der Waals surface area contributed by atoms with Gasteiger partial charge >= 0.3 is 15.6 Å². The summed E-state index contributed by atoms with van der Waals surface area (Å²) >= 11 is 0. The topological polar surface area (TPSA) is 438 Å². The molecule has 1 amide bonds. The molecular weight excluding hydrogens is 1080 g/mol. The first kappa shape index (κ1) is 58.2. The van der Waals surface area contributed by atoms with E-state index in [0.29, 0.717) is 6.42 Å². The SMILES string of the molecule is CCCCCCCCCCCCCCCC(=O)NCC1OC(n2cnc3c(N)ncnc32)C(OP(=O)(O)OCC2OC(n3cnc4c(N)ncnc43)C(OP(=O)(O)OCC3CC(O)C(n4cnc5c(N)ncnc54)O3)C2O)C1O. The Labute approximate surface area is 452 Å². The van der Waals surface area contributed by atoms with Crippen LogP contribution in [0.25, 0.3) is 33.5 Å². The zero-order chi connectivity index (χ0) is 55.8. The summed E-state index contributed by atoms with van der Waals surface area (Å²) in [5, 5.41) is 37.1. The van der Waals surface area contributed by atoms with Crippen molar-refractivity contribution in [1.82, 2.24) is 63.9 Å². The van der Waals surface area contributed by atoms with Crippen LogP contribution in [-0.2, 0) is 46.2 Å². The minimum absolute atomic E-state index is 0.0199. The number of phosphoric acid groups is 2. The van der Waals surface area contributed by atoms with E-state index < -0.39 is 96.4 Å². The summed E-state index contributed by atoms with van der Waals surface area (Å²) in [6, 6.07) is 0. The Morgan fingerprint density at radius 1 is 0.595 bits per heavy atom. The standard InChI is InChI=1S/C46H68N16O15P2/c1-2-3-4-5-6-7-8-9-10-11-12-13-14-15-30(64)50-17-28-34(65)36(45(74-28)61-24-58-32-39(48)52-21-55-42(32)61)76-79(69,70)72-19-29-35(66)37(46(75-29)62-25-59-33-40(49)53-22-56-43(33)62)77-78(67,68)71-18-26-16-27(63)44(73-26)60-23-57-31-38(47)51-20-54-41(31)60/h20-29,34-37,44-46,63,65-66H,2-19H2,1H3,(H,50,64)(H,67,68)(H,69,70)(H2,47,51,54)(H2,48,52,55)(H2,49,53,56). The van der Waals surface area contributed by atoms with E-state index in [-0.39, 0.29) is 76.2 Å². The van der Waals surface area contributed by atoms with E-state index in [1.165, 1.54) is 103 Å². The van der Waals surface area contributed by atoms with Gasteiger partial charge in [0.15, 0.2) is 53.1 Å². The summed E-state index contributed by atoms with van der Waals surface area (Å²) in [4.78, 5) is 72.5. The molecule has 13 atom stereocenters. The molecule has 31 nitrogen and oxygen atoms in total. The lowest BCUT2D eigenvalue weighted by Crippen LogP contribution is -2.40. The number of nitrogens with zero attached hydrogens (tertiary/aromatic N) is 12. The van der Waals surface area contributed by atoms with E-state index in [1.807, 2.05) is 0 Å². The van der Waals surface area contributed by atoms with Crippen LogP contribution in [0.15, 0.2) is 38.0 Å². The molecule has 0 saturated carbocycles. The third-order valence-corrected chi connectivity index (χ3v) is 16.1. The van der Waals surface area contributed by atoms with Crippen molar-refractivity contribution in [1.29, 1.82) is 0 Å². The molecule has 0 aliphatic carbocycles. The lowest BCUT2D eigenvalue weighted by molar-refractivity contribution is -0.122. The number of nitrogens with two attached hydrogens (primary N) is 3. The number of rotatable bonds is 29. The second kappa shape index (κ2) is 26.0. The maximum absolute atomic E-state index is 14.0. The molecule has 0 aromatic carbocycles. The molecule has 6 aromatic heterocycles. The minimum Gasteiger partial charge on any atom is -0.388 e. The molecule has 9 heterocycles. The lowest BCUT2D eigenvalue weighted by atomic mass is 10.0. The number of unbranched alkanes of at least 4 members (excludes halogenated alkanes) is 12. The Kier molecular flexibility index (Phi) is 19.1. The average Bonchev–Trinajstić information content (AvgIpc) is 4.38. The number of phosphoric ester groups is 2. The summed E-state index contributed by atoms with van der Waals surface area (Å²) in [6.07, 6.45) is 6.64. The highest BCUT2D eigenvalue weighted by Crippen LogP contribution is 2.53. The van der Waals surface area contributed by atoms with Gasteiger partial charge in [-0.3, -0.25) is 36.6 Å². The number of aliphatic hydroxyl groups excluding tert-OH is 3. The number of carbonyl (C=O) groups excluding carboxylic acids is 1. The summed E-state index contributed by atoms with van der Waals surface area (Å²) < 4.78 is 71.9. The number of fused-ring (bicyclic) bond motifs is 3. The maximum atomic E-state index is 14.0. The quantitative estimate of drug-likeness (QED) is 0.0241. The second-order valence-corrected chi connectivity index (χ2v) is 22.6. The second-order valence-electron chi connectivity index (χ2n) is 19.8. The monoisotopic (exact) mass is 1150 g/mol. The molecule has 6 aromatic rings. The molecule has 3 aliphatic rings. The van der Waals surface area contributed by atoms with Crippen LogP contribution in [0.4, 0.5) is 17.5 Å². The number of nitrogen functional groups attached to an aromatic ring is 3. The van der Waals surface area contributed by atoms with Gasteiger partial charge in [-0.1, -0.05) is 84.0 Å². The largest absolute Gasteiger partial charge is 0.472 e. The van der Waals surface area contributed by atoms with Crippen molar-refractivity contribution in [2.24, 2.45) is 0 Å². The minimum atomic E-state index is -5.31. The third kappa shape index (κ3) is 13.8. The van der Waals surface area contributed by atoms with Gasteiger partial charge in [0.25, 0.3) is 0 Å². The van der Waals surface area contributed by atoms with Crippen LogP contribution in [0.3, 0.4) is 0 Å². The first-order chi connectivity index (χ1) is 38.0. The predicted molar refractivity (Wildman–Crippen MR) is 278 cm³/mol. The summed E-state index contributed by atoms with van der Waals surface area (Å²) in [5.41, 5.74) is 19.0. The van der Waals surface area contributed by atoms with Crippen LogP contribution in [-0.4, -0.2) is 158 Å². The third-order valence-electron chi connectivity index (χ3n) is 14.1. The van der Waals surface area contributed by atoms with Crippen LogP contribution in [0.5, 0.6) is 0 Å². The zero-order valence-electron chi connectivity index (χ0n) is 43.4. The molecule has 13 unspecified atom stereocenters. The van der Waals surface area contributed by atoms with Gasteiger partial charge in [-0.05, 0) is 6.42 Å². The van der Waals surface area contributed by atoms with Gasteiger partial charge in [-0.15, -0.1) is 0 Å². The van der Waals surface area contributed by atoms with Crippen molar-refractivity contribution in [3.63, 3.8) is 0 Å². The number of ether oxygens (including phenoxy) is 3. The Bertz CT molecular complexity index is 3100. The number of amides is 1. The Morgan fingerprint density at radius 3 is 1.49 bits per heavy atom. The first-order valence-corrected chi connectivity index (χ1v) is 29.4. The summed E-state index contributed by atoms with van der Waals surface area (Å²) in [5.74, 6) is -0.179. The van der Waals surface area contributed by atoms with Gasteiger partial charge in [0.2, 0.25) is 5.91 Å². The Morgan fingerprint density at radius 2 is 1.01 bits per heavy atom. The van der Waals surface area contributed by atoms with Crippen molar-refractivity contribution < 1.29 is 71.3 Å². The fourth-order valence-electron chi connectivity index (χ4n) is 9.99. The van der Waals surface area contributed by atoms with Crippen molar-refractivity contribution in [2.75, 3.05) is 37.0 Å². The number of imidazole rings is 3. The number of hydrogen-bond donors (Lipinski definition) is 9. The number of aromatic nitrogens is 12. The van der Waals surface area contributed by atoms with E-state index in [0.717, 1.165) is 25.6 Å². The molecule has 3 fully saturated rings. The molecule has 3 saturated heterocycles. The van der Waals surface area contributed by atoms with Gasteiger partial charge in [0, 0.05) is 19.4 Å². The molecule has 0 spiro atoms. The number of carbonyl (C=O) groups is 1. The van der Waals surface area contributed by atoms with E-state index in [9.17, 15) is 39.0 Å². The van der Waals surface area contributed by atoms with Crippen molar-refractivity contribution in [3.05, 3.63) is 38.0 Å². The summed E-state index contributed by atoms with van der Waals surface area (Å²) in [7, 11) is -10.5. The van der Waals surface area contributed by atoms with E-state index in [4.69, 9.17) is 49.5 Å².